The Kier molecular flexibility index (Phi) is 6.76. The maximum absolute atomic E-state index is 6.22. The van der Waals surface area contributed by atoms with E-state index < -0.39 is 0 Å². The molecule has 0 fully saturated rings. The van der Waals surface area contributed by atoms with Gasteiger partial charge in [-0.05, 0) is 48.5 Å². The van der Waals surface area contributed by atoms with E-state index in [0.29, 0.717) is 6.61 Å². The van der Waals surface area contributed by atoms with Crippen molar-refractivity contribution in [3.05, 3.63) is 109 Å². The first-order valence-electron chi connectivity index (χ1n) is 13.4. The first-order chi connectivity index (χ1) is 18.7. The molecule has 0 spiro atoms. The molecule has 0 aliphatic rings. The van der Waals surface area contributed by atoms with E-state index in [1.54, 1.807) is 0 Å². The Labute approximate surface area is 223 Å². The number of benzene rings is 4. The van der Waals surface area contributed by atoms with Crippen LogP contribution in [0.15, 0.2) is 109 Å². The Morgan fingerprint density at radius 2 is 0.974 bits per heavy atom. The van der Waals surface area contributed by atoms with Gasteiger partial charge in [-0.2, -0.15) is 0 Å². The average molecular weight is 503 g/mol. The monoisotopic (exact) mass is 502 g/mol. The average Bonchev–Trinajstić information content (AvgIpc) is 3.42. The molecule has 0 amide bonds. The molecule has 190 valence electrons. The molecule has 0 bridgehead atoms. The molecule has 0 N–H and O–H groups in total. The Bertz CT molecular complexity index is 1560. The second-order valence-electron chi connectivity index (χ2n) is 9.74. The predicted molar refractivity (Wildman–Crippen MR) is 153 cm³/mol. The molecule has 2 heterocycles. The van der Waals surface area contributed by atoms with E-state index in [0.717, 1.165) is 26.1 Å². The quantitative estimate of drug-likeness (QED) is 0.184. The molecule has 0 saturated carbocycles. The van der Waals surface area contributed by atoms with Gasteiger partial charge in [0.05, 0.1) is 45.0 Å². The van der Waals surface area contributed by atoms with Gasteiger partial charge in [0.25, 0.3) is 11.6 Å². The number of aryl methyl sites for hydroxylation is 3. The zero-order chi connectivity index (χ0) is 25.9. The highest BCUT2D eigenvalue weighted by Gasteiger charge is 2.25. The summed E-state index contributed by atoms with van der Waals surface area (Å²) in [6.45, 7) is 3.10. The molecule has 0 aliphatic carbocycles. The molecule has 0 unspecified atom stereocenters. The van der Waals surface area contributed by atoms with Gasteiger partial charge in [-0.15, -0.1) is 0 Å². The molecule has 0 atom stereocenters. The normalized spacial score (nSPS) is 11.5. The van der Waals surface area contributed by atoms with E-state index in [9.17, 15) is 0 Å². The number of rotatable bonds is 9. The van der Waals surface area contributed by atoms with Crippen molar-refractivity contribution in [3.63, 3.8) is 0 Å². The number of imidazole rings is 2. The highest BCUT2D eigenvalue weighted by Crippen LogP contribution is 2.24. The molecule has 2 aromatic heterocycles. The molecular formula is C33H34N4O+2. The summed E-state index contributed by atoms with van der Waals surface area (Å²) < 4.78 is 15.6. The number of hydrogen-bond acceptors (Lipinski definition) is 1. The van der Waals surface area contributed by atoms with Crippen LogP contribution in [0.1, 0.15) is 6.42 Å². The Morgan fingerprint density at radius 1 is 0.526 bits per heavy atom. The first kappa shape index (κ1) is 24.1. The minimum absolute atomic E-state index is 0.671. The molecular weight excluding hydrogens is 468 g/mol. The van der Waals surface area contributed by atoms with E-state index in [1.807, 2.05) is 0 Å². The van der Waals surface area contributed by atoms with E-state index in [1.165, 1.54) is 44.8 Å². The van der Waals surface area contributed by atoms with Gasteiger partial charge in [-0.25, -0.2) is 18.3 Å². The molecule has 0 aliphatic heterocycles. The van der Waals surface area contributed by atoms with Gasteiger partial charge in [0, 0.05) is 6.42 Å². The Morgan fingerprint density at radius 3 is 1.50 bits per heavy atom. The molecule has 6 rings (SSSR count). The minimum atomic E-state index is 0.671. The molecule has 5 nitrogen and oxygen atoms in total. The van der Waals surface area contributed by atoms with Gasteiger partial charge in [0.1, 0.15) is 6.54 Å². The molecule has 0 saturated heterocycles. The largest absolute Gasteiger partial charge is 0.377 e. The number of ether oxygens (including phenoxy) is 1. The van der Waals surface area contributed by atoms with E-state index in [4.69, 9.17) is 4.74 Å². The van der Waals surface area contributed by atoms with Crippen molar-refractivity contribution in [2.45, 2.75) is 19.5 Å². The van der Waals surface area contributed by atoms with Crippen LogP contribution in [0.4, 0.5) is 0 Å². The fourth-order valence-corrected chi connectivity index (χ4v) is 5.68. The third-order valence-electron chi connectivity index (χ3n) is 7.41. The topological polar surface area (TPSA) is 26.8 Å². The van der Waals surface area contributed by atoms with Crippen LogP contribution in [0, 0.1) is 0 Å². The van der Waals surface area contributed by atoms with Gasteiger partial charge >= 0.3 is 0 Å². The van der Waals surface area contributed by atoms with E-state index >= 15 is 0 Å². The van der Waals surface area contributed by atoms with Crippen LogP contribution < -0.4 is 9.13 Å². The van der Waals surface area contributed by atoms with Gasteiger partial charge in [0.15, 0.2) is 22.1 Å². The van der Waals surface area contributed by atoms with Crippen LogP contribution in [0.25, 0.3) is 44.8 Å². The van der Waals surface area contributed by atoms with Crippen LogP contribution in [0.5, 0.6) is 0 Å². The third-order valence-corrected chi connectivity index (χ3v) is 7.41. The molecule has 0 radical (unpaired) electrons. The summed E-state index contributed by atoms with van der Waals surface area (Å²) in [5.74, 6) is 2.43. The lowest BCUT2D eigenvalue weighted by molar-refractivity contribution is -0.634. The zero-order valence-corrected chi connectivity index (χ0v) is 22.1. The van der Waals surface area contributed by atoms with Crippen molar-refractivity contribution in [1.29, 1.82) is 0 Å². The summed E-state index contributed by atoms with van der Waals surface area (Å²) in [4.78, 5) is 0. The lowest BCUT2D eigenvalue weighted by Crippen LogP contribution is -2.30. The van der Waals surface area contributed by atoms with Crippen LogP contribution in [0.2, 0.25) is 0 Å². The van der Waals surface area contributed by atoms with E-state index in [2.05, 4.69) is 142 Å². The summed E-state index contributed by atoms with van der Waals surface area (Å²) in [5.41, 5.74) is 7.41. The zero-order valence-electron chi connectivity index (χ0n) is 22.1. The van der Waals surface area contributed by atoms with Gasteiger partial charge < -0.3 is 4.74 Å². The number of aromatic nitrogens is 4. The highest BCUT2D eigenvalue weighted by atomic mass is 16.5. The standard InChI is InChI=1S/C33H34N4O/c1-34-28-18-9-11-20-30(28)36(32(34)26-14-5-3-6-15-26)22-13-24-38-25-23-37-31-21-12-10-19-29(31)35(2)33(37)27-16-7-4-8-17-27/h3-12,14-21H,13,22-25H2,1-2H3/q+2. The lowest BCUT2D eigenvalue weighted by atomic mass is 10.2. The second-order valence-corrected chi connectivity index (χ2v) is 9.74. The summed E-state index contributed by atoms with van der Waals surface area (Å²) in [5, 5.41) is 0. The van der Waals surface area contributed by atoms with Crippen molar-refractivity contribution in [2.24, 2.45) is 14.1 Å². The van der Waals surface area contributed by atoms with Crippen LogP contribution in [0.3, 0.4) is 0 Å². The van der Waals surface area contributed by atoms with Crippen molar-refractivity contribution >= 4 is 22.1 Å². The lowest BCUT2D eigenvalue weighted by Gasteiger charge is -2.07. The van der Waals surface area contributed by atoms with Gasteiger partial charge in [-0.1, -0.05) is 60.7 Å². The van der Waals surface area contributed by atoms with Crippen LogP contribution in [-0.2, 0) is 31.9 Å². The van der Waals surface area contributed by atoms with Crippen molar-refractivity contribution in [2.75, 3.05) is 13.2 Å². The summed E-state index contributed by atoms with van der Waals surface area (Å²) in [7, 11) is 4.30. The molecule has 4 aromatic carbocycles. The van der Waals surface area contributed by atoms with E-state index in [-0.39, 0.29) is 0 Å². The summed E-state index contributed by atoms with van der Waals surface area (Å²) >= 11 is 0. The Hall–Kier alpha value is -4.22. The maximum Gasteiger partial charge on any atom is 0.289 e. The fraction of sp³-hybridized carbons (Fsp3) is 0.212. The van der Waals surface area contributed by atoms with Crippen molar-refractivity contribution in [1.82, 2.24) is 9.13 Å². The molecule has 6 aromatic rings. The number of nitrogens with zero attached hydrogens (tertiary/aromatic N) is 4. The van der Waals surface area contributed by atoms with Gasteiger partial charge in [0.2, 0.25) is 0 Å². The van der Waals surface area contributed by atoms with Crippen molar-refractivity contribution < 1.29 is 13.9 Å². The second kappa shape index (κ2) is 10.6. The highest BCUT2D eigenvalue weighted by molar-refractivity contribution is 5.77. The van der Waals surface area contributed by atoms with Crippen LogP contribution in [-0.4, -0.2) is 22.3 Å². The number of para-hydroxylation sites is 4. The van der Waals surface area contributed by atoms with Crippen LogP contribution >= 0.6 is 0 Å². The Balaban J connectivity index is 1.17. The predicted octanol–water partition coefficient (Wildman–Crippen LogP) is 5.69. The maximum atomic E-state index is 6.22. The minimum Gasteiger partial charge on any atom is -0.377 e. The molecule has 5 heteroatoms. The SMILES string of the molecule is C[n+]1c(-c2ccccc2)n(CCCOCCn2c(-c3ccccc3)[n+](C)c3ccccc32)c2ccccc21. The number of fused-ring (bicyclic) bond motifs is 2. The van der Waals surface area contributed by atoms with Crippen molar-refractivity contribution in [3.8, 4) is 22.8 Å². The fourth-order valence-electron chi connectivity index (χ4n) is 5.68. The first-order valence-corrected chi connectivity index (χ1v) is 13.4. The summed E-state index contributed by atoms with van der Waals surface area (Å²) in [6.07, 6.45) is 0.949. The summed E-state index contributed by atoms with van der Waals surface area (Å²) in [6, 6.07) is 38.5. The molecule has 38 heavy (non-hydrogen) atoms. The number of hydrogen-bond donors (Lipinski definition) is 0. The van der Waals surface area contributed by atoms with Gasteiger partial charge in [-0.3, -0.25) is 0 Å². The third kappa shape index (κ3) is 4.39. The smallest absolute Gasteiger partial charge is 0.289 e.